The molecule has 0 bridgehead atoms. The van der Waals surface area contributed by atoms with Gasteiger partial charge < -0.3 is 15.0 Å². The minimum Gasteiger partial charge on any atom is -0.324 e. The van der Waals surface area contributed by atoms with Crippen molar-refractivity contribution >= 4 is 17.3 Å². The quantitative estimate of drug-likeness (QED) is 0.550. The lowest BCUT2D eigenvalue weighted by atomic mass is 10.1. The van der Waals surface area contributed by atoms with Gasteiger partial charge in [-0.15, -0.1) is 0 Å². The zero-order valence-corrected chi connectivity index (χ0v) is 16.1. The molecule has 1 fully saturated rings. The molecule has 29 heavy (non-hydrogen) atoms. The molecule has 1 saturated heterocycles. The molecule has 0 amide bonds. The Kier molecular flexibility index (Phi) is 4.90. The van der Waals surface area contributed by atoms with Crippen LogP contribution in [0.4, 0.5) is 11.6 Å². The summed E-state index contributed by atoms with van der Waals surface area (Å²) in [5, 5.41) is 6.74. The lowest BCUT2D eigenvalue weighted by Gasteiger charge is -2.27. The zero-order valence-electron chi connectivity index (χ0n) is 16.1. The van der Waals surface area contributed by atoms with Crippen LogP contribution in [0, 0.1) is 0 Å². The van der Waals surface area contributed by atoms with Crippen molar-refractivity contribution < 1.29 is 0 Å². The molecule has 5 heterocycles. The standard InChI is InChI=1S/C22H23N7/c1-2-22-27-21(16-29(22)15-19(1)18-4-6-23-7-5-18)26-20-13-17(3-8-25-20)14-28-11-9-24-10-12-28/h1-8,13,15-16,24H,9-12,14H2,(H,25,26). The molecule has 0 atom stereocenters. The number of pyridine rings is 3. The molecule has 146 valence electrons. The van der Waals surface area contributed by atoms with Crippen LogP contribution in [0.15, 0.2) is 67.4 Å². The number of nitrogens with zero attached hydrogens (tertiary/aromatic N) is 5. The van der Waals surface area contributed by atoms with Gasteiger partial charge in [0, 0.05) is 57.5 Å². The van der Waals surface area contributed by atoms with E-state index in [9.17, 15) is 0 Å². The van der Waals surface area contributed by atoms with E-state index in [0.717, 1.165) is 61.1 Å². The molecule has 0 aromatic carbocycles. The van der Waals surface area contributed by atoms with Crippen molar-refractivity contribution in [2.45, 2.75) is 6.54 Å². The molecule has 0 saturated carbocycles. The van der Waals surface area contributed by atoms with E-state index < -0.39 is 0 Å². The summed E-state index contributed by atoms with van der Waals surface area (Å²) in [6.45, 7) is 5.21. The van der Waals surface area contributed by atoms with Crippen LogP contribution in [-0.2, 0) is 6.54 Å². The van der Waals surface area contributed by atoms with Crippen LogP contribution in [0.5, 0.6) is 0 Å². The van der Waals surface area contributed by atoms with Crippen LogP contribution < -0.4 is 10.6 Å². The second-order valence-corrected chi connectivity index (χ2v) is 7.25. The second-order valence-electron chi connectivity index (χ2n) is 7.25. The Labute approximate surface area is 169 Å². The summed E-state index contributed by atoms with van der Waals surface area (Å²) in [6, 6.07) is 12.3. The topological polar surface area (TPSA) is 70.4 Å². The van der Waals surface area contributed by atoms with E-state index in [1.165, 1.54) is 5.56 Å². The van der Waals surface area contributed by atoms with Crippen molar-refractivity contribution in [3.63, 3.8) is 0 Å². The number of piperazine rings is 1. The predicted molar refractivity (Wildman–Crippen MR) is 114 cm³/mol. The molecular formula is C22H23N7. The molecule has 0 aliphatic carbocycles. The summed E-state index contributed by atoms with van der Waals surface area (Å²) < 4.78 is 2.03. The fourth-order valence-corrected chi connectivity index (χ4v) is 3.67. The molecule has 7 nitrogen and oxygen atoms in total. The van der Waals surface area contributed by atoms with E-state index in [0.29, 0.717) is 0 Å². The van der Waals surface area contributed by atoms with E-state index in [1.54, 1.807) is 12.4 Å². The smallest absolute Gasteiger partial charge is 0.150 e. The summed E-state index contributed by atoms with van der Waals surface area (Å²) >= 11 is 0. The minimum atomic E-state index is 0.781. The number of hydrogen-bond acceptors (Lipinski definition) is 6. The van der Waals surface area contributed by atoms with E-state index in [2.05, 4.69) is 54.9 Å². The van der Waals surface area contributed by atoms with Crippen molar-refractivity contribution in [2.24, 2.45) is 0 Å². The van der Waals surface area contributed by atoms with Gasteiger partial charge in [-0.25, -0.2) is 9.97 Å². The second kappa shape index (κ2) is 7.98. The van der Waals surface area contributed by atoms with E-state index >= 15 is 0 Å². The summed E-state index contributed by atoms with van der Waals surface area (Å²) in [4.78, 5) is 15.7. The first-order valence-electron chi connectivity index (χ1n) is 9.88. The number of fused-ring (bicyclic) bond motifs is 1. The third kappa shape index (κ3) is 4.11. The fraction of sp³-hybridized carbons (Fsp3) is 0.227. The maximum absolute atomic E-state index is 4.67. The molecule has 0 unspecified atom stereocenters. The normalized spacial score (nSPS) is 14.9. The van der Waals surface area contributed by atoms with Crippen molar-refractivity contribution in [2.75, 3.05) is 31.5 Å². The molecule has 7 heteroatoms. The Balaban J connectivity index is 1.34. The van der Waals surface area contributed by atoms with Gasteiger partial charge in [0.05, 0.1) is 6.20 Å². The number of nitrogens with one attached hydrogen (secondary N) is 2. The molecule has 0 spiro atoms. The van der Waals surface area contributed by atoms with Crippen LogP contribution in [-0.4, -0.2) is 50.4 Å². The van der Waals surface area contributed by atoms with Gasteiger partial charge in [0.25, 0.3) is 0 Å². The highest BCUT2D eigenvalue weighted by Gasteiger charge is 2.11. The Morgan fingerprint density at radius 2 is 1.76 bits per heavy atom. The van der Waals surface area contributed by atoms with E-state index in [1.807, 2.05) is 35.0 Å². The predicted octanol–water partition coefficient (Wildman–Crippen LogP) is 2.94. The summed E-state index contributed by atoms with van der Waals surface area (Å²) in [7, 11) is 0. The van der Waals surface area contributed by atoms with Crippen molar-refractivity contribution in [1.82, 2.24) is 29.6 Å². The summed E-state index contributed by atoms with van der Waals surface area (Å²) in [5.41, 5.74) is 4.41. The van der Waals surface area contributed by atoms with E-state index in [-0.39, 0.29) is 0 Å². The lowest BCUT2D eigenvalue weighted by molar-refractivity contribution is 0.233. The third-order valence-corrected chi connectivity index (χ3v) is 5.16. The highest BCUT2D eigenvalue weighted by atomic mass is 15.2. The molecule has 4 aromatic heterocycles. The highest BCUT2D eigenvalue weighted by Crippen LogP contribution is 2.22. The molecular weight excluding hydrogens is 362 g/mol. The molecule has 2 N–H and O–H groups in total. The summed E-state index contributed by atoms with van der Waals surface area (Å²) in [5.74, 6) is 1.60. The van der Waals surface area contributed by atoms with Gasteiger partial charge in [-0.1, -0.05) is 0 Å². The molecule has 5 rings (SSSR count). The minimum absolute atomic E-state index is 0.781. The van der Waals surface area contributed by atoms with Gasteiger partial charge in [0.2, 0.25) is 0 Å². The van der Waals surface area contributed by atoms with Crippen molar-refractivity contribution in [1.29, 1.82) is 0 Å². The maximum Gasteiger partial charge on any atom is 0.150 e. The van der Waals surface area contributed by atoms with Crippen LogP contribution in [0.3, 0.4) is 0 Å². The van der Waals surface area contributed by atoms with Crippen LogP contribution in [0.2, 0.25) is 0 Å². The van der Waals surface area contributed by atoms with Gasteiger partial charge >= 0.3 is 0 Å². The first-order valence-corrected chi connectivity index (χ1v) is 9.88. The van der Waals surface area contributed by atoms with Gasteiger partial charge in [-0.05, 0) is 53.1 Å². The fourth-order valence-electron chi connectivity index (χ4n) is 3.67. The monoisotopic (exact) mass is 385 g/mol. The van der Waals surface area contributed by atoms with Gasteiger partial charge in [-0.3, -0.25) is 9.88 Å². The van der Waals surface area contributed by atoms with Crippen molar-refractivity contribution in [3.8, 4) is 11.1 Å². The van der Waals surface area contributed by atoms with E-state index in [4.69, 9.17) is 0 Å². The Bertz CT molecular complexity index is 1100. The number of rotatable bonds is 5. The summed E-state index contributed by atoms with van der Waals surface area (Å²) in [6.07, 6.45) is 9.54. The van der Waals surface area contributed by atoms with Crippen LogP contribution in [0.25, 0.3) is 16.8 Å². The molecule has 1 aliphatic heterocycles. The maximum atomic E-state index is 4.67. The van der Waals surface area contributed by atoms with Crippen molar-refractivity contribution in [3.05, 3.63) is 72.9 Å². The first-order chi connectivity index (χ1) is 14.3. The number of imidazole rings is 1. The Morgan fingerprint density at radius 1 is 0.897 bits per heavy atom. The zero-order chi connectivity index (χ0) is 19.5. The van der Waals surface area contributed by atoms with Gasteiger partial charge in [0.1, 0.15) is 11.5 Å². The largest absolute Gasteiger partial charge is 0.324 e. The lowest BCUT2D eigenvalue weighted by Crippen LogP contribution is -2.42. The molecule has 4 aromatic rings. The number of aromatic nitrogens is 4. The molecule has 1 aliphatic rings. The van der Waals surface area contributed by atoms with Gasteiger partial charge in [-0.2, -0.15) is 0 Å². The third-order valence-electron chi connectivity index (χ3n) is 5.16. The number of anilines is 2. The average molecular weight is 385 g/mol. The Hall–Kier alpha value is -3.29. The highest BCUT2D eigenvalue weighted by molar-refractivity contribution is 5.65. The Morgan fingerprint density at radius 3 is 2.62 bits per heavy atom. The van der Waals surface area contributed by atoms with Gasteiger partial charge in [0.15, 0.2) is 5.82 Å². The van der Waals surface area contributed by atoms with Crippen LogP contribution in [0.1, 0.15) is 5.56 Å². The molecule has 0 radical (unpaired) electrons. The van der Waals surface area contributed by atoms with Crippen LogP contribution >= 0.6 is 0 Å². The SMILES string of the molecule is c1cc(-c2ccc3nc(Nc4cc(CN5CCNCC5)ccn4)cn3c2)ccn1. The first kappa shape index (κ1) is 17.8. The average Bonchev–Trinajstić information content (AvgIpc) is 3.17. The number of hydrogen-bond donors (Lipinski definition) is 2.